The lowest BCUT2D eigenvalue weighted by atomic mass is 10.3. The first kappa shape index (κ1) is 16.6. The van der Waals surface area contributed by atoms with Crippen LogP contribution in [0.15, 0.2) is 24.4 Å². The molecule has 0 fully saturated rings. The molecule has 0 aliphatic carbocycles. The molecule has 0 radical (unpaired) electrons. The van der Waals surface area contributed by atoms with E-state index >= 15 is 0 Å². The maximum atomic E-state index is 11.7. The maximum absolute atomic E-state index is 11.7. The number of sulfonamides is 1. The van der Waals surface area contributed by atoms with Crippen molar-refractivity contribution in [1.29, 1.82) is 0 Å². The largest absolute Gasteiger partial charge is 0.356 e. The average molecular weight is 299 g/mol. The lowest BCUT2D eigenvalue weighted by Gasteiger charge is -2.19. The average Bonchev–Trinajstić information content (AvgIpc) is 2.41. The van der Waals surface area contributed by atoms with Gasteiger partial charge >= 0.3 is 0 Å². The van der Waals surface area contributed by atoms with Gasteiger partial charge in [0.1, 0.15) is 0 Å². The smallest absolute Gasteiger partial charge is 0.221 e. The van der Waals surface area contributed by atoms with Crippen molar-refractivity contribution in [2.45, 2.75) is 26.3 Å². The first-order chi connectivity index (χ1) is 9.43. The molecule has 0 aromatic carbocycles. The van der Waals surface area contributed by atoms with Crippen molar-refractivity contribution in [3.8, 4) is 0 Å². The highest BCUT2D eigenvalue weighted by Gasteiger charge is 2.18. The fourth-order valence-electron chi connectivity index (χ4n) is 1.61. The Bertz CT molecular complexity index is 517. The number of carbonyl (C=O) groups excluding carboxylic acids is 1. The number of nitrogens with zero attached hydrogens (tertiary/aromatic N) is 2. The monoisotopic (exact) mass is 299 g/mol. The lowest BCUT2D eigenvalue weighted by molar-refractivity contribution is -0.121. The van der Waals surface area contributed by atoms with Gasteiger partial charge in [-0.3, -0.25) is 9.78 Å². The number of rotatable bonds is 8. The third kappa shape index (κ3) is 6.12. The van der Waals surface area contributed by atoms with Gasteiger partial charge in [0.15, 0.2) is 0 Å². The lowest BCUT2D eigenvalue weighted by Crippen LogP contribution is -2.34. The van der Waals surface area contributed by atoms with Gasteiger partial charge in [-0.1, -0.05) is 13.0 Å². The van der Waals surface area contributed by atoms with Crippen molar-refractivity contribution in [3.63, 3.8) is 0 Å². The second-order valence-corrected chi connectivity index (χ2v) is 6.50. The van der Waals surface area contributed by atoms with Gasteiger partial charge in [-0.15, -0.1) is 0 Å². The summed E-state index contributed by atoms with van der Waals surface area (Å²) in [7, 11) is -3.37. The van der Waals surface area contributed by atoms with E-state index in [9.17, 15) is 13.2 Å². The molecule has 7 heteroatoms. The van der Waals surface area contributed by atoms with E-state index < -0.39 is 10.0 Å². The van der Waals surface area contributed by atoms with Crippen LogP contribution in [0.25, 0.3) is 0 Å². The number of pyridine rings is 1. The van der Waals surface area contributed by atoms with Crippen LogP contribution in [0.3, 0.4) is 0 Å². The van der Waals surface area contributed by atoms with Crippen LogP contribution in [-0.4, -0.2) is 43.0 Å². The van der Waals surface area contributed by atoms with Crippen molar-refractivity contribution < 1.29 is 13.2 Å². The molecule has 0 spiro atoms. The fraction of sp³-hybridized carbons (Fsp3) is 0.538. The molecule has 0 aliphatic rings. The zero-order valence-corrected chi connectivity index (χ0v) is 12.7. The van der Waals surface area contributed by atoms with Crippen LogP contribution in [0.1, 0.15) is 25.5 Å². The van der Waals surface area contributed by atoms with Crippen molar-refractivity contribution in [1.82, 2.24) is 14.6 Å². The van der Waals surface area contributed by atoms with Crippen molar-refractivity contribution in [2.24, 2.45) is 0 Å². The number of carbonyl (C=O) groups is 1. The van der Waals surface area contributed by atoms with E-state index in [0.29, 0.717) is 12.2 Å². The van der Waals surface area contributed by atoms with Crippen LogP contribution < -0.4 is 5.32 Å². The summed E-state index contributed by atoms with van der Waals surface area (Å²) in [4.78, 5) is 15.6. The van der Waals surface area contributed by atoms with Crippen LogP contribution >= 0.6 is 0 Å². The third-order valence-electron chi connectivity index (χ3n) is 2.69. The van der Waals surface area contributed by atoms with Gasteiger partial charge in [0.25, 0.3) is 0 Å². The summed E-state index contributed by atoms with van der Waals surface area (Å²) in [6.45, 7) is 2.91. The minimum absolute atomic E-state index is 0.137. The molecule has 0 aliphatic heterocycles. The fourth-order valence-corrected chi connectivity index (χ4v) is 2.40. The van der Waals surface area contributed by atoms with Crippen LogP contribution in [0.5, 0.6) is 0 Å². The number of aromatic nitrogens is 1. The van der Waals surface area contributed by atoms with Gasteiger partial charge in [0, 0.05) is 25.7 Å². The molecule has 1 amide bonds. The summed E-state index contributed by atoms with van der Waals surface area (Å²) in [6, 6.07) is 5.33. The highest BCUT2D eigenvalue weighted by molar-refractivity contribution is 7.88. The molecule has 1 aromatic heterocycles. The summed E-state index contributed by atoms with van der Waals surface area (Å²) in [5.74, 6) is -0.137. The maximum Gasteiger partial charge on any atom is 0.221 e. The van der Waals surface area contributed by atoms with Gasteiger partial charge in [0.05, 0.1) is 18.5 Å². The van der Waals surface area contributed by atoms with Gasteiger partial charge in [0.2, 0.25) is 15.9 Å². The zero-order chi connectivity index (χ0) is 15.0. The summed E-state index contributed by atoms with van der Waals surface area (Å²) in [6.07, 6.45) is 3.76. The second-order valence-electron chi connectivity index (χ2n) is 4.52. The first-order valence-electron chi connectivity index (χ1n) is 6.55. The Morgan fingerprint density at radius 2 is 2.15 bits per heavy atom. The molecule has 0 saturated heterocycles. The molecule has 0 bridgehead atoms. The predicted molar refractivity (Wildman–Crippen MR) is 77.4 cm³/mol. The van der Waals surface area contributed by atoms with Crippen molar-refractivity contribution in [3.05, 3.63) is 30.1 Å². The van der Waals surface area contributed by atoms with E-state index in [0.717, 1.165) is 12.7 Å². The number of hydrogen-bond acceptors (Lipinski definition) is 4. The predicted octanol–water partition coefficient (Wildman–Crippen LogP) is 0.760. The van der Waals surface area contributed by atoms with Gasteiger partial charge in [-0.25, -0.2) is 8.42 Å². The third-order valence-corrected chi connectivity index (χ3v) is 3.94. The molecule has 0 saturated carbocycles. The Labute approximate surface area is 120 Å². The van der Waals surface area contributed by atoms with E-state index in [1.807, 2.05) is 6.92 Å². The molecule has 1 heterocycles. The van der Waals surface area contributed by atoms with E-state index in [2.05, 4.69) is 10.3 Å². The number of hydrogen-bond donors (Lipinski definition) is 1. The Morgan fingerprint density at radius 3 is 2.70 bits per heavy atom. The Kier molecular flexibility index (Phi) is 6.60. The summed E-state index contributed by atoms with van der Waals surface area (Å²) in [5.41, 5.74) is 0.659. The van der Waals surface area contributed by atoms with Crippen LogP contribution in [0.4, 0.5) is 0 Å². The molecule has 1 rings (SSSR count). The van der Waals surface area contributed by atoms with Gasteiger partial charge in [-0.05, 0) is 18.6 Å². The van der Waals surface area contributed by atoms with Crippen LogP contribution in [0, 0.1) is 0 Å². The highest BCUT2D eigenvalue weighted by atomic mass is 32.2. The minimum Gasteiger partial charge on any atom is -0.356 e. The Morgan fingerprint density at radius 1 is 1.40 bits per heavy atom. The second kappa shape index (κ2) is 7.96. The molecule has 20 heavy (non-hydrogen) atoms. The number of nitrogens with one attached hydrogen (secondary N) is 1. The Balaban J connectivity index is 2.60. The van der Waals surface area contributed by atoms with E-state index in [4.69, 9.17) is 0 Å². The first-order valence-corrected chi connectivity index (χ1v) is 8.40. The molecule has 0 atom stereocenters. The molecule has 1 N–H and O–H groups in total. The normalized spacial score (nSPS) is 11.6. The van der Waals surface area contributed by atoms with Crippen LogP contribution in [0.2, 0.25) is 0 Å². The molecule has 112 valence electrons. The van der Waals surface area contributed by atoms with E-state index in [-0.39, 0.29) is 25.4 Å². The summed E-state index contributed by atoms with van der Waals surface area (Å²) >= 11 is 0. The molecule has 1 aromatic rings. The molecule has 0 unspecified atom stereocenters. The number of amides is 1. The topological polar surface area (TPSA) is 79.4 Å². The van der Waals surface area contributed by atoms with Crippen LogP contribution in [-0.2, 0) is 21.4 Å². The summed E-state index contributed by atoms with van der Waals surface area (Å²) in [5, 5.41) is 2.73. The zero-order valence-electron chi connectivity index (χ0n) is 11.9. The van der Waals surface area contributed by atoms with Crippen molar-refractivity contribution in [2.75, 3.05) is 19.3 Å². The molecular formula is C13H21N3O3S. The standard InChI is InChI=1S/C13H21N3O3S/c1-3-8-15-13(17)7-10-16(20(2,18)19)11-12-6-4-5-9-14-12/h4-6,9H,3,7-8,10-11H2,1-2H3,(H,15,17). The van der Waals surface area contributed by atoms with Gasteiger partial charge < -0.3 is 5.32 Å². The SMILES string of the molecule is CCCNC(=O)CCN(Cc1ccccn1)S(C)(=O)=O. The minimum atomic E-state index is -3.37. The molecular weight excluding hydrogens is 278 g/mol. The summed E-state index contributed by atoms with van der Waals surface area (Å²) < 4.78 is 24.7. The molecule has 6 nitrogen and oxygen atoms in total. The van der Waals surface area contributed by atoms with E-state index in [1.165, 1.54) is 4.31 Å². The highest BCUT2D eigenvalue weighted by Crippen LogP contribution is 2.06. The van der Waals surface area contributed by atoms with E-state index in [1.54, 1.807) is 24.4 Å². The Hall–Kier alpha value is -1.47. The quantitative estimate of drug-likeness (QED) is 0.768. The van der Waals surface area contributed by atoms with Crippen molar-refractivity contribution >= 4 is 15.9 Å². The van der Waals surface area contributed by atoms with Gasteiger partial charge in [-0.2, -0.15) is 4.31 Å².